The average molecular weight is 284 g/mol. The Morgan fingerprint density at radius 2 is 1.80 bits per heavy atom. The van der Waals surface area contributed by atoms with Crippen molar-refractivity contribution in [3.05, 3.63) is 0 Å². The number of carbonyl (C=O) groups is 1. The van der Waals surface area contributed by atoms with Crippen molar-refractivity contribution in [1.29, 1.82) is 0 Å². The van der Waals surface area contributed by atoms with E-state index in [2.05, 4.69) is 46.9 Å². The third-order valence-electron chi connectivity index (χ3n) is 4.03. The van der Waals surface area contributed by atoms with Gasteiger partial charge in [-0.1, -0.05) is 41.5 Å². The monoisotopic (exact) mass is 284 g/mol. The second kappa shape index (κ2) is 7.41. The highest BCUT2D eigenvalue weighted by atomic mass is 16.5. The number of rotatable bonds is 7. The van der Waals surface area contributed by atoms with Gasteiger partial charge in [-0.15, -0.1) is 0 Å². The number of nitrogens with zero attached hydrogens (tertiary/aromatic N) is 1. The van der Waals surface area contributed by atoms with Gasteiger partial charge < -0.3 is 9.64 Å². The molecule has 0 spiro atoms. The van der Waals surface area contributed by atoms with Crippen molar-refractivity contribution in [3.63, 3.8) is 0 Å². The van der Waals surface area contributed by atoms with Gasteiger partial charge in [0, 0.05) is 7.11 Å². The molecular formula is C16H32N2O2. The van der Waals surface area contributed by atoms with E-state index in [0.29, 0.717) is 24.4 Å². The van der Waals surface area contributed by atoms with Crippen LogP contribution in [0.5, 0.6) is 0 Å². The van der Waals surface area contributed by atoms with Crippen LogP contribution in [0.4, 0.5) is 0 Å². The minimum absolute atomic E-state index is 0.0412. The van der Waals surface area contributed by atoms with E-state index < -0.39 is 0 Å². The van der Waals surface area contributed by atoms with E-state index in [9.17, 15) is 4.79 Å². The smallest absolute Gasteiger partial charge is 0.241 e. The highest BCUT2D eigenvalue weighted by molar-refractivity contribution is 5.84. The zero-order chi connectivity index (χ0) is 15.4. The summed E-state index contributed by atoms with van der Waals surface area (Å²) in [5.74, 6) is 1.55. The zero-order valence-corrected chi connectivity index (χ0v) is 14.1. The first-order chi connectivity index (χ1) is 9.29. The molecule has 0 bridgehead atoms. The molecule has 1 aliphatic rings. The molecule has 0 aromatic rings. The largest absolute Gasteiger partial charge is 0.383 e. The van der Waals surface area contributed by atoms with E-state index in [-0.39, 0.29) is 24.2 Å². The maximum absolute atomic E-state index is 12.8. The predicted octanol–water partition coefficient (Wildman–Crippen LogP) is 2.49. The predicted molar refractivity (Wildman–Crippen MR) is 82.4 cm³/mol. The lowest BCUT2D eigenvalue weighted by atomic mass is 10.00. The second-order valence-corrected chi connectivity index (χ2v) is 7.05. The van der Waals surface area contributed by atoms with Crippen LogP contribution in [0, 0.1) is 17.8 Å². The fourth-order valence-corrected chi connectivity index (χ4v) is 2.96. The minimum Gasteiger partial charge on any atom is -0.383 e. The Kier molecular flexibility index (Phi) is 6.46. The summed E-state index contributed by atoms with van der Waals surface area (Å²) in [4.78, 5) is 14.8. The number of methoxy groups -OCH3 is 1. The van der Waals surface area contributed by atoms with Gasteiger partial charge >= 0.3 is 0 Å². The summed E-state index contributed by atoms with van der Waals surface area (Å²) in [5.41, 5.74) is 0. The van der Waals surface area contributed by atoms with Crippen LogP contribution in [0.25, 0.3) is 0 Å². The van der Waals surface area contributed by atoms with Crippen molar-refractivity contribution in [2.45, 2.75) is 66.2 Å². The highest BCUT2D eigenvalue weighted by Crippen LogP contribution is 2.26. The van der Waals surface area contributed by atoms with Crippen molar-refractivity contribution in [2.24, 2.45) is 17.8 Å². The topological polar surface area (TPSA) is 41.6 Å². The van der Waals surface area contributed by atoms with Gasteiger partial charge in [0.1, 0.15) is 0 Å². The average Bonchev–Trinajstić information content (AvgIpc) is 2.63. The summed E-state index contributed by atoms with van der Waals surface area (Å²) < 4.78 is 5.35. The van der Waals surface area contributed by atoms with E-state index in [0.717, 1.165) is 6.42 Å². The van der Waals surface area contributed by atoms with Crippen LogP contribution in [0.2, 0.25) is 0 Å². The number of nitrogens with one attached hydrogen (secondary N) is 1. The molecule has 3 unspecified atom stereocenters. The third-order valence-corrected chi connectivity index (χ3v) is 4.03. The number of amides is 1. The normalized spacial score (nSPS) is 25.3. The summed E-state index contributed by atoms with van der Waals surface area (Å²) in [6.07, 6.45) is 1.02. The molecule has 1 amide bonds. The quantitative estimate of drug-likeness (QED) is 0.781. The van der Waals surface area contributed by atoms with Crippen molar-refractivity contribution < 1.29 is 9.53 Å². The molecule has 4 heteroatoms. The Morgan fingerprint density at radius 3 is 2.20 bits per heavy atom. The minimum atomic E-state index is -0.0412. The Labute approximate surface area is 124 Å². The molecular weight excluding hydrogens is 252 g/mol. The van der Waals surface area contributed by atoms with E-state index >= 15 is 0 Å². The van der Waals surface area contributed by atoms with Gasteiger partial charge in [0.25, 0.3) is 0 Å². The molecule has 1 aliphatic heterocycles. The lowest BCUT2D eigenvalue weighted by Gasteiger charge is -2.36. The first-order valence-electron chi connectivity index (χ1n) is 7.86. The second-order valence-electron chi connectivity index (χ2n) is 7.05. The lowest BCUT2D eigenvalue weighted by molar-refractivity contribution is -0.135. The molecule has 1 saturated heterocycles. The van der Waals surface area contributed by atoms with Crippen LogP contribution in [0.15, 0.2) is 0 Å². The van der Waals surface area contributed by atoms with Crippen LogP contribution >= 0.6 is 0 Å². The number of hydrogen-bond donors (Lipinski definition) is 1. The molecule has 0 aromatic carbocycles. The Bertz CT molecular complexity index is 316. The van der Waals surface area contributed by atoms with E-state index in [1.165, 1.54) is 0 Å². The molecule has 20 heavy (non-hydrogen) atoms. The van der Waals surface area contributed by atoms with Gasteiger partial charge in [-0.3, -0.25) is 10.1 Å². The van der Waals surface area contributed by atoms with Gasteiger partial charge in [0.05, 0.1) is 24.9 Å². The molecule has 3 atom stereocenters. The molecule has 1 rings (SSSR count). The van der Waals surface area contributed by atoms with Gasteiger partial charge in [-0.2, -0.15) is 0 Å². The van der Waals surface area contributed by atoms with Crippen LogP contribution in [-0.4, -0.2) is 42.8 Å². The van der Waals surface area contributed by atoms with Gasteiger partial charge in [-0.25, -0.2) is 0 Å². The van der Waals surface area contributed by atoms with Crippen LogP contribution < -0.4 is 5.32 Å². The molecule has 0 radical (unpaired) electrons. The van der Waals surface area contributed by atoms with Crippen molar-refractivity contribution in [1.82, 2.24) is 10.2 Å². The third kappa shape index (κ3) is 3.95. The maximum atomic E-state index is 12.8. The highest BCUT2D eigenvalue weighted by Gasteiger charge is 2.44. The molecule has 118 valence electrons. The fraction of sp³-hybridized carbons (Fsp3) is 0.938. The molecule has 0 saturated carbocycles. The Morgan fingerprint density at radius 1 is 1.20 bits per heavy atom. The number of hydrogen-bond acceptors (Lipinski definition) is 3. The molecule has 1 fully saturated rings. The number of ether oxygens (including phenoxy) is 1. The standard InChI is InChI=1S/C16H32N2O2/c1-10(2)8-13-16(19)18(15(17-13)12(5)6)14(9-20-7)11(3)4/h10-15,17H,8-9H2,1-7H3. The van der Waals surface area contributed by atoms with Crippen LogP contribution in [0.1, 0.15) is 48.0 Å². The van der Waals surface area contributed by atoms with Crippen molar-refractivity contribution >= 4 is 5.91 Å². The molecule has 0 aromatic heterocycles. The maximum Gasteiger partial charge on any atom is 0.241 e. The van der Waals surface area contributed by atoms with Crippen LogP contribution in [-0.2, 0) is 9.53 Å². The first kappa shape index (κ1) is 17.4. The summed E-state index contributed by atoms with van der Waals surface area (Å²) in [5, 5.41) is 3.54. The summed E-state index contributed by atoms with van der Waals surface area (Å²) in [7, 11) is 1.71. The number of carbonyl (C=O) groups excluding carboxylic acids is 1. The Hall–Kier alpha value is -0.610. The molecule has 0 aliphatic carbocycles. The van der Waals surface area contributed by atoms with E-state index in [1.54, 1.807) is 7.11 Å². The Balaban J connectivity index is 2.96. The zero-order valence-electron chi connectivity index (χ0n) is 14.1. The first-order valence-corrected chi connectivity index (χ1v) is 7.86. The van der Waals surface area contributed by atoms with Gasteiger partial charge in [-0.05, 0) is 24.2 Å². The lowest BCUT2D eigenvalue weighted by Crippen LogP contribution is -2.51. The molecule has 4 nitrogen and oxygen atoms in total. The van der Waals surface area contributed by atoms with Crippen LogP contribution in [0.3, 0.4) is 0 Å². The van der Waals surface area contributed by atoms with E-state index in [4.69, 9.17) is 4.74 Å². The van der Waals surface area contributed by atoms with E-state index in [1.807, 2.05) is 4.90 Å². The summed E-state index contributed by atoms with van der Waals surface area (Å²) in [6.45, 7) is 13.6. The summed E-state index contributed by atoms with van der Waals surface area (Å²) >= 11 is 0. The van der Waals surface area contributed by atoms with Crippen molar-refractivity contribution in [2.75, 3.05) is 13.7 Å². The molecule has 1 heterocycles. The summed E-state index contributed by atoms with van der Waals surface area (Å²) in [6, 6.07) is 0.102. The fourth-order valence-electron chi connectivity index (χ4n) is 2.96. The molecule has 1 N–H and O–H groups in total. The van der Waals surface area contributed by atoms with Gasteiger partial charge in [0.2, 0.25) is 5.91 Å². The van der Waals surface area contributed by atoms with Gasteiger partial charge in [0.15, 0.2) is 0 Å². The SMILES string of the molecule is COCC(C(C)C)N1C(=O)C(CC(C)C)NC1C(C)C. The van der Waals surface area contributed by atoms with Crippen molar-refractivity contribution in [3.8, 4) is 0 Å².